The predicted molar refractivity (Wildman–Crippen MR) is 126 cm³/mol. The lowest BCUT2D eigenvalue weighted by Gasteiger charge is -2.28. The highest BCUT2D eigenvalue weighted by molar-refractivity contribution is 6.05. The van der Waals surface area contributed by atoms with Crippen LogP contribution in [0.25, 0.3) is 0 Å². The molecular formula is C26H25NO7. The van der Waals surface area contributed by atoms with Crippen molar-refractivity contribution >= 4 is 17.4 Å². The molecule has 4 rings (SSSR count). The van der Waals surface area contributed by atoms with Crippen molar-refractivity contribution in [2.24, 2.45) is 0 Å². The van der Waals surface area contributed by atoms with Crippen molar-refractivity contribution in [1.29, 1.82) is 0 Å². The number of hydrogen-bond donors (Lipinski definition) is 1. The molecule has 8 heteroatoms. The van der Waals surface area contributed by atoms with Gasteiger partial charge in [0.2, 0.25) is 5.75 Å². The van der Waals surface area contributed by atoms with Crippen LogP contribution in [0.4, 0.5) is 5.69 Å². The molecule has 1 heterocycles. The zero-order chi connectivity index (χ0) is 24.2. The molecule has 0 bridgehead atoms. The summed E-state index contributed by atoms with van der Waals surface area (Å²) < 4.78 is 27.6. The maximum atomic E-state index is 13.1. The van der Waals surface area contributed by atoms with E-state index in [0.29, 0.717) is 45.4 Å². The summed E-state index contributed by atoms with van der Waals surface area (Å²) in [6, 6.07) is 15.7. The van der Waals surface area contributed by atoms with Gasteiger partial charge in [0.1, 0.15) is 23.2 Å². The molecule has 0 aliphatic carbocycles. The minimum absolute atomic E-state index is 0.0831. The average Bonchev–Trinajstić information content (AvgIpc) is 2.87. The molecule has 0 fully saturated rings. The van der Waals surface area contributed by atoms with Crippen molar-refractivity contribution in [3.05, 3.63) is 71.3 Å². The van der Waals surface area contributed by atoms with Crippen LogP contribution in [0.3, 0.4) is 0 Å². The molecule has 3 aromatic carbocycles. The molecule has 176 valence electrons. The van der Waals surface area contributed by atoms with Gasteiger partial charge in [-0.05, 0) is 29.8 Å². The molecule has 0 saturated carbocycles. The van der Waals surface area contributed by atoms with Crippen LogP contribution in [0.1, 0.15) is 38.8 Å². The van der Waals surface area contributed by atoms with Crippen LogP contribution in [-0.2, 0) is 0 Å². The molecule has 3 aromatic rings. The van der Waals surface area contributed by atoms with E-state index in [2.05, 4.69) is 5.32 Å². The van der Waals surface area contributed by atoms with E-state index >= 15 is 0 Å². The van der Waals surface area contributed by atoms with Gasteiger partial charge in [-0.15, -0.1) is 0 Å². The van der Waals surface area contributed by atoms with Gasteiger partial charge in [0, 0.05) is 23.4 Å². The summed E-state index contributed by atoms with van der Waals surface area (Å²) in [5, 5.41) is 2.86. The van der Waals surface area contributed by atoms with Crippen LogP contribution in [0, 0.1) is 0 Å². The molecule has 8 nitrogen and oxygen atoms in total. The van der Waals surface area contributed by atoms with Crippen molar-refractivity contribution in [1.82, 2.24) is 0 Å². The number of rotatable bonds is 7. The first-order valence-corrected chi connectivity index (χ1v) is 10.6. The maximum absolute atomic E-state index is 13.1. The second kappa shape index (κ2) is 9.74. The number of carbonyl (C=O) groups excluding carboxylic acids is 2. The Kier molecular flexibility index (Phi) is 6.58. The summed E-state index contributed by atoms with van der Waals surface area (Å²) >= 11 is 0. The number of anilines is 1. The van der Waals surface area contributed by atoms with Gasteiger partial charge in [0.25, 0.3) is 5.91 Å². The number of ketones is 1. The monoisotopic (exact) mass is 463 g/mol. The van der Waals surface area contributed by atoms with Gasteiger partial charge in [-0.1, -0.05) is 18.2 Å². The standard InChI is InChI=1S/C26H25NO7/c1-30-18-10-6-9-17(12-18)27-26(29)16-8-5-7-15(11-16)20-13-19(28)23-21(34-20)14-22(31-2)24(32-3)25(23)33-4/h5-12,14,20H,13H2,1-4H3,(H,27,29). The highest BCUT2D eigenvalue weighted by Gasteiger charge is 2.34. The first-order valence-electron chi connectivity index (χ1n) is 10.6. The molecule has 1 unspecified atom stereocenters. The normalized spacial score (nSPS) is 14.5. The van der Waals surface area contributed by atoms with Crippen molar-refractivity contribution in [3.8, 4) is 28.7 Å². The molecule has 1 atom stereocenters. The van der Waals surface area contributed by atoms with Gasteiger partial charge in [-0.3, -0.25) is 9.59 Å². The van der Waals surface area contributed by atoms with E-state index in [0.717, 1.165) is 0 Å². The zero-order valence-corrected chi connectivity index (χ0v) is 19.3. The molecule has 1 aliphatic heterocycles. The van der Waals surface area contributed by atoms with Gasteiger partial charge < -0.3 is 29.0 Å². The number of hydrogen-bond acceptors (Lipinski definition) is 7. The Morgan fingerprint density at radius 2 is 1.68 bits per heavy atom. The Morgan fingerprint density at radius 1 is 0.912 bits per heavy atom. The fourth-order valence-corrected chi connectivity index (χ4v) is 3.93. The number of ether oxygens (including phenoxy) is 5. The first kappa shape index (κ1) is 23.0. The van der Waals surface area contributed by atoms with Crippen LogP contribution in [0.2, 0.25) is 0 Å². The Bertz CT molecular complexity index is 1240. The Hall–Kier alpha value is -4.20. The van der Waals surface area contributed by atoms with Crippen LogP contribution < -0.4 is 29.0 Å². The van der Waals surface area contributed by atoms with Crippen molar-refractivity contribution in [3.63, 3.8) is 0 Å². The molecular weight excluding hydrogens is 438 g/mol. The molecule has 34 heavy (non-hydrogen) atoms. The van der Waals surface area contributed by atoms with E-state index in [1.807, 2.05) is 6.07 Å². The minimum atomic E-state index is -0.577. The lowest BCUT2D eigenvalue weighted by molar-refractivity contribution is 0.0842. The van der Waals surface area contributed by atoms with Gasteiger partial charge in [-0.25, -0.2) is 0 Å². The fraction of sp³-hybridized carbons (Fsp3) is 0.231. The molecule has 1 amide bonds. The van der Waals surface area contributed by atoms with E-state index in [-0.39, 0.29) is 23.9 Å². The molecule has 0 saturated heterocycles. The molecule has 0 aromatic heterocycles. The van der Waals surface area contributed by atoms with E-state index in [1.54, 1.807) is 55.6 Å². The highest BCUT2D eigenvalue weighted by atomic mass is 16.5. The number of nitrogens with one attached hydrogen (secondary N) is 1. The summed E-state index contributed by atoms with van der Waals surface area (Å²) in [5.41, 5.74) is 2.06. The van der Waals surface area contributed by atoms with E-state index in [1.165, 1.54) is 21.3 Å². The molecule has 0 radical (unpaired) electrons. The quantitative estimate of drug-likeness (QED) is 0.544. The third kappa shape index (κ3) is 4.34. The van der Waals surface area contributed by atoms with Crippen LogP contribution in [0.5, 0.6) is 28.7 Å². The lowest BCUT2D eigenvalue weighted by Crippen LogP contribution is -2.22. The Labute approximate surface area is 197 Å². The number of amides is 1. The second-order valence-electron chi connectivity index (χ2n) is 7.56. The number of carbonyl (C=O) groups is 2. The van der Waals surface area contributed by atoms with E-state index in [4.69, 9.17) is 23.7 Å². The van der Waals surface area contributed by atoms with Gasteiger partial charge in [0.15, 0.2) is 17.3 Å². The smallest absolute Gasteiger partial charge is 0.255 e. The third-order valence-corrected chi connectivity index (χ3v) is 5.56. The molecule has 1 N–H and O–H groups in total. The SMILES string of the molecule is COc1cccc(NC(=O)c2cccc(C3CC(=O)c4c(cc(OC)c(OC)c4OC)O3)c2)c1. The topological polar surface area (TPSA) is 92.3 Å². The fourth-order valence-electron chi connectivity index (χ4n) is 3.93. The van der Waals surface area contributed by atoms with Crippen molar-refractivity contribution in [2.75, 3.05) is 33.8 Å². The molecule has 0 spiro atoms. The first-order chi connectivity index (χ1) is 16.5. The third-order valence-electron chi connectivity index (χ3n) is 5.56. The van der Waals surface area contributed by atoms with E-state index < -0.39 is 6.10 Å². The number of methoxy groups -OCH3 is 4. The summed E-state index contributed by atoms with van der Waals surface area (Å²) in [7, 11) is 6.00. The minimum Gasteiger partial charge on any atom is -0.497 e. The van der Waals surface area contributed by atoms with Gasteiger partial charge in [-0.2, -0.15) is 0 Å². The number of fused-ring (bicyclic) bond motifs is 1. The summed E-state index contributed by atoms with van der Waals surface area (Å²) in [6.45, 7) is 0. The second-order valence-corrected chi connectivity index (χ2v) is 7.56. The predicted octanol–water partition coefficient (Wildman–Crippen LogP) is 4.68. The lowest BCUT2D eigenvalue weighted by atomic mass is 9.94. The van der Waals surface area contributed by atoms with Crippen LogP contribution >= 0.6 is 0 Å². The Morgan fingerprint density at radius 3 is 2.38 bits per heavy atom. The number of benzene rings is 3. The van der Waals surface area contributed by atoms with Crippen LogP contribution in [-0.4, -0.2) is 40.1 Å². The summed E-state index contributed by atoms with van der Waals surface area (Å²) in [6.07, 6.45) is -0.493. The highest BCUT2D eigenvalue weighted by Crippen LogP contribution is 2.49. The number of Topliss-reactive ketones (excluding diaryl/α,β-unsaturated/α-hetero) is 1. The van der Waals surface area contributed by atoms with Gasteiger partial charge >= 0.3 is 0 Å². The summed E-state index contributed by atoms with van der Waals surface area (Å²) in [5.74, 6) is 1.52. The zero-order valence-electron chi connectivity index (χ0n) is 19.3. The largest absolute Gasteiger partial charge is 0.497 e. The average molecular weight is 463 g/mol. The van der Waals surface area contributed by atoms with Gasteiger partial charge in [0.05, 0.1) is 34.9 Å². The van der Waals surface area contributed by atoms with E-state index in [9.17, 15) is 9.59 Å². The molecule has 1 aliphatic rings. The van der Waals surface area contributed by atoms with Crippen LogP contribution in [0.15, 0.2) is 54.6 Å². The Balaban J connectivity index is 1.61. The summed E-state index contributed by atoms with van der Waals surface area (Å²) in [4.78, 5) is 25.9. The van der Waals surface area contributed by atoms with Crippen molar-refractivity contribution in [2.45, 2.75) is 12.5 Å². The maximum Gasteiger partial charge on any atom is 0.255 e. The van der Waals surface area contributed by atoms with Crippen molar-refractivity contribution < 1.29 is 33.3 Å².